The van der Waals surface area contributed by atoms with Gasteiger partial charge in [0.1, 0.15) is 11.5 Å². The maximum Gasteiger partial charge on any atom is 0.387 e. The second-order valence-corrected chi connectivity index (χ2v) is 7.42. The van der Waals surface area contributed by atoms with Crippen LogP contribution >= 0.6 is 24.0 Å². The molecular weight excluding hydrogens is 531 g/mol. The average Bonchev–Trinajstić information content (AvgIpc) is 3.27. The number of para-hydroxylation sites is 1. The van der Waals surface area contributed by atoms with Gasteiger partial charge < -0.3 is 24.8 Å². The Bertz CT molecular complexity index is 877. The third kappa shape index (κ3) is 8.09. The van der Waals surface area contributed by atoms with Crippen molar-refractivity contribution in [3.8, 4) is 11.5 Å². The topological polar surface area (TPSA) is 64.1 Å². The van der Waals surface area contributed by atoms with Gasteiger partial charge in [-0.15, -0.1) is 24.0 Å². The van der Waals surface area contributed by atoms with Crippen molar-refractivity contribution < 1.29 is 23.0 Å². The maximum absolute atomic E-state index is 12.6. The van der Waals surface area contributed by atoms with Crippen molar-refractivity contribution in [3.63, 3.8) is 0 Å². The number of benzene rings is 2. The summed E-state index contributed by atoms with van der Waals surface area (Å²) in [6, 6.07) is 12.8. The molecule has 9 heteroatoms. The second kappa shape index (κ2) is 13.4. The van der Waals surface area contributed by atoms with Gasteiger partial charge in [-0.05, 0) is 31.0 Å². The Labute approximate surface area is 204 Å². The molecule has 1 heterocycles. The molecule has 6 nitrogen and oxygen atoms in total. The van der Waals surface area contributed by atoms with Crippen molar-refractivity contribution in [2.75, 3.05) is 26.9 Å². The first-order chi connectivity index (χ1) is 15.0. The van der Waals surface area contributed by atoms with Crippen LogP contribution in [0.3, 0.4) is 0 Å². The molecule has 1 saturated heterocycles. The number of rotatable bonds is 9. The van der Waals surface area contributed by atoms with Crippen molar-refractivity contribution in [3.05, 3.63) is 59.2 Å². The first-order valence-electron chi connectivity index (χ1n) is 10.3. The first-order valence-corrected chi connectivity index (χ1v) is 10.3. The summed E-state index contributed by atoms with van der Waals surface area (Å²) >= 11 is 0. The molecule has 3 rings (SSSR count). The summed E-state index contributed by atoms with van der Waals surface area (Å²) in [6.07, 6.45) is 1.02. The van der Waals surface area contributed by atoms with Gasteiger partial charge in [0.15, 0.2) is 5.96 Å². The van der Waals surface area contributed by atoms with Gasteiger partial charge in [-0.2, -0.15) is 8.78 Å². The van der Waals surface area contributed by atoms with Crippen molar-refractivity contribution in [2.24, 2.45) is 10.9 Å². The van der Waals surface area contributed by atoms with Crippen molar-refractivity contribution in [1.82, 2.24) is 10.6 Å². The largest absolute Gasteiger partial charge is 0.493 e. The number of aliphatic imine (C=N–C) groups is 1. The summed E-state index contributed by atoms with van der Waals surface area (Å²) in [5.41, 5.74) is 2.75. The van der Waals surface area contributed by atoms with Crippen LogP contribution in [0.1, 0.15) is 23.1 Å². The van der Waals surface area contributed by atoms with Crippen molar-refractivity contribution >= 4 is 29.9 Å². The normalized spacial score (nSPS) is 15.9. The molecule has 176 valence electrons. The number of aryl methyl sites for hydroxylation is 1. The summed E-state index contributed by atoms with van der Waals surface area (Å²) in [5, 5.41) is 6.38. The molecule has 0 amide bonds. The van der Waals surface area contributed by atoms with E-state index in [1.165, 1.54) is 6.07 Å². The van der Waals surface area contributed by atoms with Gasteiger partial charge in [-0.25, -0.2) is 0 Å². The fourth-order valence-corrected chi connectivity index (χ4v) is 3.30. The zero-order valence-electron chi connectivity index (χ0n) is 18.3. The third-order valence-corrected chi connectivity index (χ3v) is 5.03. The molecule has 0 spiro atoms. The fourth-order valence-electron chi connectivity index (χ4n) is 3.30. The summed E-state index contributed by atoms with van der Waals surface area (Å²) in [4.78, 5) is 4.21. The number of halogens is 3. The number of nitrogens with one attached hydrogen (secondary N) is 2. The minimum Gasteiger partial charge on any atom is -0.493 e. The molecular formula is C23H30F2IN3O3. The van der Waals surface area contributed by atoms with Crippen LogP contribution < -0.4 is 20.1 Å². The van der Waals surface area contributed by atoms with E-state index in [2.05, 4.69) is 20.4 Å². The maximum atomic E-state index is 12.6. The van der Waals surface area contributed by atoms with Gasteiger partial charge in [0.25, 0.3) is 0 Å². The molecule has 0 aliphatic carbocycles. The van der Waals surface area contributed by atoms with E-state index in [0.717, 1.165) is 36.5 Å². The van der Waals surface area contributed by atoms with Crippen LogP contribution in [0.15, 0.2) is 47.5 Å². The highest BCUT2D eigenvalue weighted by atomic mass is 127. The van der Waals surface area contributed by atoms with E-state index in [0.29, 0.717) is 37.1 Å². The molecule has 1 atom stereocenters. The van der Waals surface area contributed by atoms with E-state index in [4.69, 9.17) is 9.47 Å². The van der Waals surface area contributed by atoms with Crippen LogP contribution in [-0.2, 0) is 17.8 Å². The SMILES string of the molecule is CN=C(NCc1ccc(C)cc1OCC1CCOC1)NCc1ccccc1OC(F)F.I. The average molecular weight is 561 g/mol. The number of hydrogen-bond acceptors (Lipinski definition) is 4. The highest BCUT2D eigenvalue weighted by molar-refractivity contribution is 14.0. The molecule has 2 N–H and O–H groups in total. The van der Waals surface area contributed by atoms with Gasteiger partial charge in [0.05, 0.1) is 13.2 Å². The number of hydrogen-bond donors (Lipinski definition) is 2. The predicted octanol–water partition coefficient (Wildman–Crippen LogP) is 4.49. The lowest BCUT2D eigenvalue weighted by Crippen LogP contribution is -2.36. The van der Waals surface area contributed by atoms with Crippen molar-refractivity contribution in [2.45, 2.75) is 33.0 Å². The standard InChI is InChI=1S/C23H29F2N3O3.HI/c1-16-7-8-19(21(11-16)30-15-17-9-10-29-14-17)13-28-23(26-2)27-12-18-5-3-4-6-20(18)31-22(24)25;/h3-8,11,17,22H,9-10,12-15H2,1-2H3,(H2,26,27,28);1H. The van der Waals surface area contributed by atoms with Crippen LogP contribution in [0, 0.1) is 12.8 Å². The van der Waals surface area contributed by atoms with E-state index in [9.17, 15) is 8.78 Å². The summed E-state index contributed by atoms with van der Waals surface area (Å²) in [5.74, 6) is 1.95. The van der Waals surface area contributed by atoms with E-state index < -0.39 is 6.61 Å². The Hall–Kier alpha value is -2.14. The molecule has 2 aromatic rings. The lowest BCUT2D eigenvalue weighted by Gasteiger charge is -2.17. The molecule has 1 unspecified atom stereocenters. The zero-order chi connectivity index (χ0) is 22.1. The minimum absolute atomic E-state index is 0. The van der Waals surface area contributed by atoms with E-state index in [1.807, 2.05) is 25.1 Å². The van der Waals surface area contributed by atoms with Gasteiger partial charge in [-0.3, -0.25) is 4.99 Å². The Kier molecular flexibility index (Phi) is 10.9. The summed E-state index contributed by atoms with van der Waals surface area (Å²) < 4.78 is 41.3. The van der Waals surface area contributed by atoms with Gasteiger partial charge in [-0.1, -0.05) is 30.3 Å². The predicted molar refractivity (Wildman–Crippen MR) is 131 cm³/mol. The highest BCUT2D eigenvalue weighted by Crippen LogP contribution is 2.23. The quantitative estimate of drug-likeness (QED) is 0.269. The Balaban J connectivity index is 0.00000363. The molecule has 0 saturated carbocycles. The molecule has 0 radical (unpaired) electrons. The second-order valence-electron chi connectivity index (χ2n) is 7.42. The lowest BCUT2D eigenvalue weighted by molar-refractivity contribution is -0.0504. The van der Waals surface area contributed by atoms with Gasteiger partial charge in [0, 0.05) is 43.8 Å². The molecule has 32 heavy (non-hydrogen) atoms. The number of alkyl halides is 2. The zero-order valence-corrected chi connectivity index (χ0v) is 20.6. The smallest absolute Gasteiger partial charge is 0.387 e. The summed E-state index contributed by atoms with van der Waals surface area (Å²) in [6.45, 7) is 2.13. The van der Waals surface area contributed by atoms with Gasteiger partial charge >= 0.3 is 6.61 Å². The van der Waals surface area contributed by atoms with Crippen LogP contribution in [0.4, 0.5) is 8.78 Å². The van der Waals surface area contributed by atoms with Crippen LogP contribution in [0.25, 0.3) is 0 Å². The van der Waals surface area contributed by atoms with E-state index in [1.54, 1.807) is 25.2 Å². The van der Waals surface area contributed by atoms with Gasteiger partial charge in [0.2, 0.25) is 0 Å². The molecule has 1 fully saturated rings. The molecule has 1 aliphatic rings. The Morgan fingerprint density at radius 2 is 1.84 bits per heavy atom. The third-order valence-electron chi connectivity index (χ3n) is 5.03. The van der Waals surface area contributed by atoms with E-state index in [-0.39, 0.29) is 29.7 Å². The molecule has 2 aromatic carbocycles. The minimum atomic E-state index is -2.87. The lowest BCUT2D eigenvalue weighted by atomic mass is 10.1. The first kappa shape index (κ1) is 26.1. The highest BCUT2D eigenvalue weighted by Gasteiger charge is 2.17. The van der Waals surface area contributed by atoms with E-state index >= 15 is 0 Å². The number of nitrogens with zero attached hydrogens (tertiary/aromatic N) is 1. The summed E-state index contributed by atoms with van der Waals surface area (Å²) in [7, 11) is 1.66. The van der Waals surface area contributed by atoms with Crippen LogP contribution in [-0.4, -0.2) is 39.4 Å². The molecule has 1 aliphatic heterocycles. The van der Waals surface area contributed by atoms with Crippen LogP contribution in [0.5, 0.6) is 11.5 Å². The monoisotopic (exact) mass is 561 g/mol. The Morgan fingerprint density at radius 3 is 2.50 bits per heavy atom. The Morgan fingerprint density at radius 1 is 1.12 bits per heavy atom. The van der Waals surface area contributed by atoms with Crippen LogP contribution in [0.2, 0.25) is 0 Å². The van der Waals surface area contributed by atoms with Crippen molar-refractivity contribution in [1.29, 1.82) is 0 Å². The molecule has 0 aromatic heterocycles. The number of guanidine groups is 1. The number of ether oxygens (including phenoxy) is 3. The fraction of sp³-hybridized carbons (Fsp3) is 0.435. The molecule has 0 bridgehead atoms.